The van der Waals surface area contributed by atoms with Crippen molar-refractivity contribution in [2.24, 2.45) is 0 Å². The molecular formula is C22H18O3S. The highest BCUT2D eigenvalue weighted by Crippen LogP contribution is 2.23. The third-order valence-electron chi connectivity index (χ3n) is 3.83. The second-order valence-electron chi connectivity index (χ2n) is 5.97. The second-order valence-corrected chi connectivity index (χ2v) is 6.92. The van der Waals surface area contributed by atoms with Gasteiger partial charge in [0, 0.05) is 0 Å². The lowest BCUT2D eigenvalue weighted by Gasteiger charge is -2.08. The van der Waals surface area contributed by atoms with Gasteiger partial charge < -0.3 is 4.74 Å². The van der Waals surface area contributed by atoms with Crippen LogP contribution in [0.2, 0.25) is 0 Å². The summed E-state index contributed by atoms with van der Waals surface area (Å²) >= 11 is 1.30. The summed E-state index contributed by atoms with van der Waals surface area (Å²) in [4.78, 5) is 25.4. The van der Waals surface area contributed by atoms with Crippen LogP contribution in [-0.4, -0.2) is 11.8 Å². The first-order valence-electron chi connectivity index (χ1n) is 8.18. The maximum atomic E-state index is 12.7. The summed E-state index contributed by atoms with van der Waals surface area (Å²) in [5.74, 6) is -0.392. The van der Waals surface area contributed by atoms with Crippen molar-refractivity contribution in [1.29, 1.82) is 0 Å². The average Bonchev–Trinajstić information content (AvgIpc) is 3.17. The normalized spacial score (nSPS) is 10.8. The molecule has 0 fully saturated rings. The highest BCUT2D eigenvalue weighted by molar-refractivity contribution is 7.12. The molecule has 0 bridgehead atoms. The number of carbonyl (C=O) groups is 2. The van der Waals surface area contributed by atoms with E-state index in [9.17, 15) is 9.59 Å². The molecule has 0 saturated carbocycles. The number of esters is 1. The lowest BCUT2D eigenvalue weighted by molar-refractivity contribution is 0.0738. The Morgan fingerprint density at radius 3 is 2.38 bits per heavy atom. The Kier molecular flexibility index (Phi) is 5.44. The minimum absolute atomic E-state index is 0.205. The number of thiophene rings is 1. The molecule has 0 N–H and O–H groups in total. The molecule has 1 heterocycles. The highest BCUT2D eigenvalue weighted by Gasteiger charge is 2.16. The van der Waals surface area contributed by atoms with Gasteiger partial charge >= 0.3 is 5.97 Å². The fourth-order valence-electron chi connectivity index (χ4n) is 2.41. The first-order chi connectivity index (χ1) is 12.5. The van der Waals surface area contributed by atoms with E-state index in [1.807, 2.05) is 49.6 Å². The van der Waals surface area contributed by atoms with Gasteiger partial charge in [0.25, 0.3) is 0 Å². The molecule has 3 rings (SSSR count). The number of aryl methyl sites for hydroxylation is 2. The van der Waals surface area contributed by atoms with Crippen molar-refractivity contribution < 1.29 is 14.3 Å². The van der Waals surface area contributed by atoms with Crippen LogP contribution in [0.5, 0.6) is 5.75 Å². The zero-order valence-corrected chi connectivity index (χ0v) is 15.4. The zero-order valence-electron chi connectivity index (χ0n) is 14.6. The predicted octanol–water partition coefficient (Wildman–Crippen LogP) is 5.48. The number of ether oxygens (including phenoxy) is 1. The molecular weight excluding hydrogens is 344 g/mol. The first-order valence-corrected chi connectivity index (χ1v) is 9.06. The van der Waals surface area contributed by atoms with Crippen molar-refractivity contribution in [3.05, 3.63) is 93.2 Å². The Morgan fingerprint density at radius 2 is 1.69 bits per heavy atom. The minimum Gasteiger partial charge on any atom is -0.422 e. The molecule has 1 aromatic heterocycles. The van der Waals surface area contributed by atoms with Crippen LogP contribution in [0.25, 0.3) is 6.08 Å². The van der Waals surface area contributed by atoms with E-state index >= 15 is 0 Å². The fourth-order valence-corrected chi connectivity index (χ4v) is 3.01. The number of carbonyl (C=O) groups excluding carboxylic acids is 2. The lowest BCUT2D eigenvalue weighted by atomic mass is 10.0. The summed E-state index contributed by atoms with van der Waals surface area (Å²) in [5.41, 5.74) is 3.40. The molecule has 0 radical (unpaired) electrons. The molecule has 0 atom stereocenters. The number of hydrogen-bond acceptors (Lipinski definition) is 4. The van der Waals surface area contributed by atoms with Gasteiger partial charge in [-0.2, -0.15) is 0 Å². The van der Waals surface area contributed by atoms with Gasteiger partial charge in [-0.05, 0) is 49.1 Å². The maximum absolute atomic E-state index is 12.7. The molecule has 0 aliphatic rings. The predicted molar refractivity (Wildman–Crippen MR) is 105 cm³/mol. The summed E-state index contributed by atoms with van der Waals surface area (Å²) in [6.07, 6.45) is 3.26. The number of hydrogen-bond donors (Lipinski definition) is 0. The van der Waals surface area contributed by atoms with Gasteiger partial charge in [0.05, 0.1) is 5.56 Å². The molecule has 26 heavy (non-hydrogen) atoms. The molecule has 0 aliphatic heterocycles. The SMILES string of the molecule is Cc1ccc(C=CC(=O)c2cc(C)ccc2OC(=O)c2cccs2)cc1. The van der Waals surface area contributed by atoms with Crippen LogP contribution in [-0.2, 0) is 0 Å². The first kappa shape index (κ1) is 17.8. The van der Waals surface area contributed by atoms with Crippen LogP contribution in [0.15, 0.2) is 66.1 Å². The Bertz CT molecular complexity index is 952. The van der Waals surface area contributed by atoms with Gasteiger partial charge in [0.2, 0.25) is 0 Å². The third-order valence-corrected chi connectivity index (χ3v) is 4.68. The Morgan fingerprint density at radius 1 is 0.962 bits per heavy atom. The van der Waals surface area contributed by atoms with Crippen molar-refractivity contribution in [1.82, 2.24) is 0 Å². The van der Waals surface area contributed by atoms with Gasteiger partial charge in [-0.25, -0.2) is 4.79 Å². The number of ketones is 1. The van der Waals surface area contributed by atoms with Gasteiger partial charge in [0.1, 0.15) is 10.6 Å². The van der Waals surface area contributed by atoms with Gasteiger partial charge in [0.15, 0.2) is 5.78 Å². The van der Waals surface area contributed by atoms with E-state index < -0.39 is 5.97 Å². The molecule has 3 nitrogen and oxygen atoms in total. The maximum Gasteiger partial charge on any atom is 0.353 e. The minimum atomic E-state index is -0.458. The van der Waals surface area contributed by atoms with E-state index in [1.54, 1.807) is 30.3 Å². The molecule has 3 aromatic rings. The molecule has 0 aliphatic carbocycles. The van der Waals surface area contributed by atoms with Crippen LogP contribution < -0.4 is 4.74 Å². The standard InChI is InChI=1S/C22H18O3S/c1-15-5-8-17(9-6-15)10-11-19(23)18-14-16(2)7-12-20(18)25-22(24)21-4-3-13-26-21/h3-14H,1-2H3. The number of benzene rings is 2. The molecule has 2 aromatic carbocycles. The summed E-state index contributed by atoms with van der Waals surface area (Å²) in [6.45, 7) is 3.91. The molecule has 0 spiro atoms. The van der Waals surface area contributed by atoms with Crippen molar-refractivity contribution in [3.8, 4) is 5.75 Å². The van der Waals surface area contributed by atoms with Crippen molar-refractivity contribution in [2.45, 2.75) is 13.8 Å². The Hall–Kier alpha value is -2.98. The molecule has 0 unspecified atom stereocenters. The van der Waals surface area contributed by atoms with E-state index in [0.717, 1.165) is 16.7 Å². The van der Waals surface area contributed by atoms with Gasteiger partial charge in [-0.15, -0.1) is 11.3 Å². The number of rotatable bonds is 5. The zero-order chi connectivity index (χ0) is 18.5. The monoisotopic (exact) mass is 362 g/mol. The van der Waals surface area contributed by atoms with Gasteiger partial charge in [-0.3, -0.25) is 4.79 Å². The van der Waals surface area contributed by atoms with E-state index in [0.29, 0.717) is 10.4 Å². The molecule has 130 valence electrons. The summed E-state index contributed by atoms with van der Waals surface area (Å²) in [5, 5.41) is 1.81. The molecule has 0 saturated heterocycles. The van der Waals surface area contributed by atoms with E-state index in [-0.39, 0.29) is 11.5 Å². The van der Waals surface area contributed by atoms with Crippen LogP contribution in [0.4, 0.5) is 0 Å². The third kappa shape index (κ3) is 4.35. The highest BCUT2D eigenvalue weighted by atomic mass is 32.1. The van der Waals surface area contributed by atoms with E-state index in [4.69, 9.17) is 4.74 Å². The Balaban J connectivity index is 1.83. The summed E-state index contributed by atoms with van der Waals surface area (Å²) in [7, 11) is 0. The number of allylic oxidation sites excluding steroid dienone is 1. The average molecular weight is 362 g/mol. The Labute approximate surface area is 156 Å². The fraction of sp³-hybridized carbons (Fsp3) is 0.0909. The molecule has 4 heteroatoms. The summed E-state index contributed by atoms with van der Waals surface area (Å²) in [6, 6.07) is 16.6. The van der Waals surface area contributed by atoms with Crippen molar-refractivity contribution in [2.75, 3.05) is 0 Å². The van der Waals surface area contributed by atoms with Crippen molar-refractivity contribution >= 4 is 29.2 Å². The van der Waals surface area contributed by atoms with Crippen LogP contribution in [0.1, 0.15) is 36.7 Å². The van der Waals surface area contributed by atoms with Crippen molar-refractivity contribution in [3.63, 3.8) is 0 Å². The van der Waals surface area contributed by atoms with E-state index in [2.05, 4.69) is 0 Å². The van der Waals surface area contributed by atoms with Crippen LogP contribution in [0, 0.1) is 13.8 Å². The second kappa shape index (κ2) is 7.93. The van der Waals surface area contributed by atoms with Gasteiger partial charge in [-0.1, -0.05) is 53.6 Å². The lowest BCUT2D eigenvalue weighted by Crippen LogP contribution is -2.10. The topological polar surface area (TPSA) is 43.4 Å². The largest absolute Gasteiger partial charge is 0.422 e. The molecule has 0 amide bonds. The quantitative estimate of drug-likeness (QED) is 0.261. The van der Waals surface area contributed by atoms with Crippen LogP contribution >= 0.6 is 11.3 Å². The smallest absolute Gasteiger partial charge is 0.353 e. The van der Waals surface area contributed by atoms with Crippen LogP contribution in [0.3, 0.4) is 0 Å². The van der Waals surface area contributed by atoms with E-state index in [1.165, 1.54) is 17.4 Å². The summed E-state index contributed by atoms with van der Waals surface area (Å²) < 4.78 is 5.45.